The highest BCUT2D eigenvalue weighted by atomic mass is 16.3. The van der Waals surface area contributed by atoms with Gasteiger partial charge in [-0.3, -0.25) is 0 Å². The predicted octanol–water partition coefficient (Wildman–Crippen LogP) is 0.589. The molecule has 0 fully saturated rings. The van der Waals surface area contributed by atoms with Crippen molar-refractivity contribution in [2.24, 2.45) is 0 Å². The second-order valence-corrected chi connectivity index (χ2v) is 2.32. The van der Waals surface area contributed by atoms with Crippen molar-refractivity contribution in [3.8, 4) is 0 Å². The number of rotatable bonds is 0. The van der Waals surface area contributed by atoms with Gasteiger partial charge >= 0.3 is 0 Å². The topological polar surface area (TPSA) is 77.8 Å². The average Bonchev–Trinajstić information content (AvgIpc) is 1.89. The van der Waals surface area contributed by atoms with Crippen molar-refractivity contribution in [2.75, 3.05) is 13.7 Å². The Labute approximate surface area is 81.2 Å². The molecule has 3 N–H and O–H groups in total. The van der Waals surface area contributed by atoms with E-state index in [1.54, 1.807) is 20.8 Å². The number of carbonyl (C=O) groups is 1. The Kier molecular flexibility index (Phi) is 52.8. The molecule has 0 saturated heterocycles. The van der Waals surface area contributed by atoms with E-state index in [2.05, 4.69) is 0 Å². The smallest absolute Gasteiger partial charge is 0.126 e. The molecule has 0 saturated carbocycles. The molecule has 0 aliphatic rings. The number of aliphatic hydroxyl groups excluding tert-OH is 3. The minimum Gasteiger partial charge on any atom is -0.400 e. The fourth-order valence-corrected chi connectivity index (χ4v) is 0. The van der Waals surface area contributed by atoms with E-state index in [9.17, 15) is 4.79 Å². The molecule has 4 heteroatoms. The van der Waals surface area contributed by atoms with E-state index in [0.717, 1.165) is 7.11 Å². The number of ketones is 1. The molecule has 0 aromatic carbocycles. The third-order valence-corrected chi connectivity index (χ3v) is 0. The molecule has 0 aliphatic carbocycles. The molecule has 0 heterocycles. The first-order chi connectivity index (χ1) is 5.88. The monoisotopic (exact) mass is 196 g/mol. The first-order valence-corrected chi connectivity index (χ1v) is 4.09. The van der Waals surface area contributed by atoms with Gasteiger partial charge in [-0.25, -0.2) is 0 Å². The van der Waals surface area contributed by atoms with Gasteiger partial charge < -0.3 is 20.1 Å². The van der Waals surface area contributed by atoms with Gasteiger partial charge in [0.05, 0.1) is 0 Å². The average molecular weight is 196 g/mol. The lowest BCUT2D eigenvalue weighted by Crippen LogP contribution is -1.85. The summed E-state index contributed by atoms with van der Waals surface area (Å²) >= 11 is 0. The molecule has 13 heavy (non-hydrogen) atoms. The van der Waals surface area contributed by atoms with Gasteiger partial charge in [-0.1, -0.05) is 0 Å². The van der Waals surface area contributed by atoms with E-state index >= 15 is 0 Å². The third kappa shape index (κ3) is 5200. The first-order valence-electron chi connectivity index (χ1n) is 4.09. The Hall–Kier alpha value is -0.450. The fourth-order valence-electron chi connectivity index (χ4n) is 0. The van der Waals surface area contributed by atoms with Crippen LogP contribution in [0.5, 0.6) is 0 Å². The number of Topliss-reactive ketones (excluding diaryl/α,β-unsaturated/α-hetero) is 1. The maximum Gasteiger partial charge on any atom is 0.126 e. The van der Waals surface area contributed by atoms with Gasteiger partial charge in [0.15, 0.2) is 0 Å². The SMILES string of the molecule is CC(C)=O.CC(C)O.CCO.CO. The number of hydrogen-bond acceptors (Lipinski definition) is 4. The Bertz CT molecular complexity index is 65.3. The Morgan fingerprint density at radius 2 is 1.23 bits per heavy atom. The van der Waals surface area contributed by atoms with Crippen LogP contribution in [0.3, 0.4) is 0 Å². The van der Waals surface area contributed by atoms with E-state index in [1.807, 2.05) is 0 Å². The Balaban J connectivity index is -0.0000000431. The maximum absolute atomic E-state index is 9.44. The van der Waals surface area contributed by atoms with Crippen molar-refractivity contribution >= 4 is 5.78 Å². The van der Waals surface area contributed by atoms with Gasteiger partial charge in [-0.05, 0) is 34.6 Å². The van der Waals surface area contributed by atoms with Crippen LogP contribution in [0.2, 0.25) is 0 Å². The second-order valence-electron chi connectivity index (χ2n) is 2.32. The molecule has 0 spiro atoms. The molecule has 0 aromatic rings. The molecule has 0 bridgehead atoms. The predicted molar refractivity (Wildman–Crippen MR) is 54.6 cm³/mol. The summed E-state index contributed by atoms with van der Waals surface area (Å²) in [5, 5.41) is 22.6. The zero-order valence-electron chi connectivity index (χ0n) is 9.53. The van der Waals surface area contributed by atoms with Gasteiger partial charge in [-0.2, -0.15) is 0 Å². The van der Waals surface area contributed by atoms with Crippen molar-refractivity contribution in [1.29, 1.82) is 0 Å². The largest absolute Gasteiger partial charge is 0.400 e. The molecule has 0 amide bonds. The standard InChI is InChI=1S/C3H8O.C3H6O.C2H6O.CH4O/c2*1-3(2)4;1-2-3;1-2/h3-4H,1-2H3;1-2H3;3H,2H2,1H3;2H,1H3. The van der Waals surface area contributed by atoms with E-state index in [-0.39, 0.29) is 18.5 Å². The summed E-state index contributed by atoms with van der Waals surface area (Å²) in [6.07, 6.45) is -0.167. The van der Waals surface area contributed by atoms with Crippen molar-refractivity contribution in [3.63, 3.8) is 0 Å². The zero-order valence-corrected chi connectivity index (χ0v) is 9.53. The van der Waals surface area contributed by atoms with Crippen molar-refractivity contribution in [2.45, 2.75) is 40.7 Å². The van der Waals surface area contributed by atoms with E-state index in [1.165, 1.54) is 13.8 Å². The summed E-state index contributed by atoms with van der Waals surface area (Å²) in [4.78, 5) is 9.44. The van der Waals surface area contributed by atoms with Crippen molar-refractivity contribution in [1.82, 2.24) is 0 Å². The van der Waals surface area contributed by atoms with Crippen LogP contribution < -0.4 is 0 Å². The summed E-state index contributed by atoms with van der Waals surface area (Å²) in [7, 11) is 1.00. The normalized spacial score (nSPS) is 6.62. The summed E-state index contributed by atoms with van der Waals surface area (Å²) in [5.74, 6) is 0.167. The quantitative estimate of drug-likeness (QED) is 0.530. The van der Waals surface area contributed by atoms with E-state index in [0.29, 0.717) is 0 Å². The summed E-state index contributed by atoms with van der Waals surface area (Å²) < 4.78 is 0. The molecule has 84 valence electrons. The number of aliphatic hydroxyl groups is 3. The first kappa shape index (κ1) is 22.9. The van der Waals surface area contributed by atoms with Crippen LogP contribution in [-0.4, -0.2) is 40.9 Å². The zero-order chi connectivity index (χ0) is 11.9. The molecular formula is C9H24O4. The summed E-state index contributed by atoms with van der Waals surface area (Å²) in [6.45, 7) is 8.43. The lowest BCUT2D eigenvalue weighted by atomic mass is 10.5. The molecule has 0 aromatic heterocycles. The lowest BCUT2D eigenvalue weighted by Gasteiger charge is -1.80. The van der Waals surface area contributed by atoms with Gasteiger partial charge in [-0.15, -0.1) is 0 Å². The van der Waals surface area contributed by atoms with Crippen molar-refractivity contribution in [3.05, 3.63) is 0 Å². The Morgan fingerprint density at radius 3 is 1.23 bits per heavy atom. The second kappa shape index (κ2) is 30.0. The highest BCUT2D eigenvalue weighted by Crippen LogP contribution is 1.65. The molecule has 0 rings (SSSR count). The molecular weight excluding hydrogens is 172 g/mol. The third-order valence-electron chi connectivity index (χ3n) is 0. The number of carbonyl (C=O) groups excluding carboxylic acids is 1. The van der Waals surface area contributed by atoms with Crippen LogP contribution >= 0.6 is 0 Å². The van der Waals surface area contributed by atoms with Crippen LogP contribution in [0, 0.1) is 0 Å². The van der Waals surface area contributed by atoms with Gasteiger partial charge in [0, 0.05) is 19.8 Å². The van der Waals surface area contributed by atoms with Crippen LogP contribution in [0.4, 0.5) is 0 Å². The summed E-state index contributed by atoms with van der Waals surface area (Å²) in [6, 6.07) is 0. The number of hydrogen-bond donors (Lipinski definition) is 3. The maximum atomic E-state index is 9.44. The van der Waals surface area contributed by atoms with E-state index < -0.39 is 0 Å². The lowest BCUT2D eigenvalue weighted by molar-refractivity contribution is -0.114. The van der Waals surface area contributed by atoms with E-state index in [4.69, 9.17) is 15.3 Å². The molecule has 4 nitrogen and oxygen atoms in total. The van der Waals surface area contributed by atoms with Gasteiger partial charge in [0.2, 0.25) is 0 Å². The van der Waals surface area contributed by atoms with Crippen molar-refractivity contribution < 1.29 is 20.1 Å². The minimum atomic E-state index is -0.167. The molecule has 0 atom stereocenters. The molecule has 0 aliphatic heterocycles. The fraction of sp³-hybridized carbons (Fsp3) is 0.889. The highest BCUT2D eigenvalue weighted by molar-refractivity contribution is 5.72. The van der Waals surface area contributed by atoms with Gasteiger partial charge in [0.25, 0.3) is 0 Å². The Morgan fingerprint density at radius 1 is 1.23 bits per heavy atom. The van der Waals surface area contributed by atoms with Gasteiger partial charge in [0.1, 0.15) is 5.78 Å². The summed E-state index contributed by atoms with van der Waals surface area (Å²) in [5.41, 5.74) is 0. The van der Waals surface area contributed by atoms with Crippen LogP contribution in [0.1, 0.15) is 34.6 Å². The molecule has 0 radical (unpaired) electrons. The van der Waals surface area contributed by atoms with Crippen LogP contribution in [0.25, 0.3) is 0 Å². The highest BCUT2D eigenvalue weighted by Gasteiger charge is 1.69. The van der Waals surface area contributed by atoms with Crippen LogP contribution in [0.15, 0.2) is 0 Å². The molecule has 0 unspecified atom stereocenters. The van der Waals surface area contributed by atoms with Crippen LogP contribution in [-0.2, 0) is 4.79 Å². The minimum absolute atomic E-state index is 0.167.